The third-order valence-corrected chi connectivity index (χ3v) is 4.43. The highest BCUT2D eigenvalue weighted by Gasteiger charge is 2.15. The van der Waals surface area contributed by atoms with Crippen molar-refractivity contribution in [2.24, 2.45) is 0 Å². The number of amides is 2. The van der Waals surface area contributed by atoms with Crippen molar-refractivity contribution >= 4 is 56.0 Å². The van der Waals surface area contributed by atoms with E-state index in [4.69, 9.17) is 0 Å². The quantitative estimate of drug-likeness (QED) is 0.662. The van der Waals surface area contributed by atoms with Crippen LogP contribution in [0.1, 0.15) is 15.9 Å². The second-order valence-corrected chi connectivity index (χ2v) is 7.34. The molecule has 4 nitrogen and oxygen atoms in total. The van der Waals surface area contributed by atoms with Gasteiger partial charge in [0.05, 0.1) is 6.54 Å². The average Bonchev–Trinajstić information content (AvgIpc) is 2.49. The molecule has 0 saturated heterocycles. The summed E-state index contributed by atoms with van der Waals surface area (Å²) >= 11 is 5.54. The van der Waals surface area contributed by atoms with Crippen molar-refractivity contribution in [2.75, 3.05) is 18.9 Å². The Morgan fingerprint density at radius 1 is 1.22 bits per heavy atom. The molecule has 0 unspecified atom stereocenters. The fourth-order valence-corrected chi connectivity index (χ4v) is 3.10. The number of hydrogen-bond donors (Lipinski definition) is 1. The van der Waals surface area contributed by atoms with Crippen LogP contribution in [-0.4, -0.2) is 30.3 Å². The number of carbonyl (C=O) groups excluding carboxylic acids is 2. The topological polar surface area (TPSA) is 49.4 Å². The summed E-state index contributed by atoms with van der Waals surface area (Å²) in [6, 6.07) is 12.9. The number of halogens is 2. The molecule has 2 aromatic rings. The van der Waals surface area contributed by atoms with E-state index in [0.717, 1.165) is 19.3 Å². The maximum Gasteiger partial charge on any atom is 0.254 e. The summed E-state index contributed by atoms with van der Waals surface area (Å²) in [6.07, 6.45) is 0. The fourth-order valence-electron chi connectivity index (χ4n) is 2.09. The van der Waals surface area contributed by atoms with Gasteiger partial charge in [0, 0.05) is 26.3 Å². The molecule has 2 amide bonds. The first-order chi connectivity index (χ1) is 10.9. The van der Waals surface area contributed by atoms with E-state index in [1.807, 2.05) is 37.3 Å². The number of aryl methyl sites for hydroxylation is 1. The predicted octanol–water partition coefficient (Wildman–Crippen LogP) is 4.07. The third-order valence-electron chi connectivity index (χ3n) is 3.26. The standard InChI is InChI=1S/C17H16BrIN2O2/c1-11-8-13(18)6-7-15(11)20-16(22)10-21(2)17(23)12-4-3-5-14(19)9-12/h3-9H,10H2,1-2H3,(H,20,22). The first-order valence-electron chi connectivity index (χ1n) is 6.94. The molecule has 0 saturated carbocycles. The number of hydrogen-bond acceptors (Lipinski definition) is 2. The molecule has 0 aliphatic carbocycles. The summed E-state index contributed by atoms with van der Waals surface area (Å²) in [5.41, 5.74) is 2.28. The van der Waals surface area contributed by atoms with E-state index in [1.165, 1.54) is 4.90 Å². The Hall–Kier alpha value is -1.41. The number of nitrogens with zero attached hydrogens (tertiary/aromatic N) is 1. The Bertz CT molecular complexity index is 749. The minimum atomic E-state index is -0.225. The lowest BCUT2D eigenvalue weighted by Gasteiger charge is -2.17. The van der Waals surface area contributed by atoms with Gasteiger partial charge >= 0.3 is 0 Å². The maximum atomic E-state index is 12.3. The molecule has 1 N–H and O–H groups in total. The van der Waals surface area contributed by atoms with Gasteiger partial charge in [-0.05, 0) is 71.5 Å². The van der Waals surface area contributed by atoms with Crippen LogP contribution in [0.5, 0.6) is 0 Å². The van der Waals surface area contributed by atoms with Crippen LogP contribution in [0, 0.1) is 10.5 Å². The Kier molecular flexibility index (Phi) is 6.17. The van der Waals surface area contributed by atoms with Crippen LogP contribution in [0.25, 0.3) is 0 Å². The molecule has 2 aromatic carbocycles. The van der Waals surface area contributed by atoms with E-state index in [-0.39, 0.29) is 18.4 Å². The molecule has 6 heteroatoms. The van der Waals surface area contributed by atoms with Gasteiger partial charge in [-0.1, -0.05) is 22.0 Å². The second kappa shape index (κ2) is 7.92. The summed E-state index contributed by atoms with van der Waals surface area (Å²) < 4.78 is 1.94. The Labute approximate surface area is 157 Å². The SMILES string of the molecule is Cc1cc(Br)ccc1NC(=O)CN(C)C(=O)c1cccc(I)c1. The Morgan fingerprint density at radius 2 is 1.96 bits per heavy atom. The van der Waals surface area contributed by atoms with Crippen molar-refractivity contribution in [3.63, 3.8) is 0 Å². The van der Waals surface area contributed by atoms with Gasteiger partial charge in [-0.2, -0.15) is 0 Å². The van der Waals surface area contributed by atoms with Crippen LogP contribution in [0.3, 0.4) is 0 Å². The normalized spacial score (nSPS) is 10.3. The van der Waals surface area contributed by atoms with Crippen molar-refractivity contribution < 1.29 is 9.59 Å². The number of likely N-dealkylation sites (N-methyl/N-ethyl adjacent to an activating group) is 1. The number of carbonyl (C=O) groups is 2. The van der Waals surface area contributed by atoms with E-state index in [0.29, 0.717) is 5.56 Å². The van der Waals surface area contributed by atoms with Crippen LogP contribution < -0.4 is 5.32 Å². The minimum Gasteiger partial charge on any atom is -0.332 e. The molecule has 0 radical (unpaired) electrons. The number of nitrogens with one attached hydrogen (secondary N) is 1. The van der Waals surface area contributed by atoms with Gasteiger partial charge in [-0.25, -0.2) is 0 Å². The van der Waals surface area contributed by atoms with E-state index >= 15 is 0 Å². The van der Waals surface area contributed by atoms with Crippen molar-refractivity contribution in [2.45, 2.75) is 6.92 Å². The summed E-state index contributed by atoms with van der Waals surface area (Å²) in [5.74, 6) is -0.400. The molecule has 0 aliphatic heterocycles. The van der Waals surface area contributed by atoms with Gasteiger partial charge in [0.2, 0.25) is 5.91 Å². The van der Waals surface area contributed by atoms with E-state index in [1.54, 1.807) is 19.2 Å². The lowest BCUT2D eigenvalue weighted by Crippen LogP contribution is -2.35. The molecular formula is C17H16BrIN2O2. The van der Waals surface area contributed by atoms with E-state index in [9.17, 15) is 9.59 Å². The minimum absolute atomic E-state index is 0.000188. The lowest BCUT2D eigenvalue weighted by molar-refractivity contribution is -0.116. The molecule has 0 aliphatic rings. The average molecular weight is 487 g/mol. The molecule has 0 bridgehead atoms. The zero-order chi connectivity index (χ0) is 17.0. The summed E-state index contributed by atoms with van der Waals surface area (Å²) in [6.45, 7) is 1.92. The lowest BCUT2D eigenvalue weighted by atomic mass is 10.2. The zero-order valence-corrected chi connectivity index (χ0v) is 16.5. The molecule has 0 atom stereocenters. The number of anilines is 1. The summed E-state index contributed by atoms with van der Waals surface area (Å²) in [7, 11) is 1.62. The Balaban J connectivity index is 2.00. The smallest absolute Gasteiger partial charge is 0.254 e. The van der Waals surface area contributed by atoms with Gasteiger partial charge < -0.3 is 10.2 Å². The highest BCUT2D eigenvalue weighted by molar-refractivity contribution is 14.1. The maximum absolute atomic E-state index is 12.3. The Morgan fingerprint density at radius 3 is 2.61 bits per heavy atom. The zero-order valence-electron chi connectivity index (χ0n) is 12.8. The van der Waals surface area contributed by atoms with Gasteiger partial charge in [-0.15, -0.1) is 0 Å². The fraction of sp³-hybridized carbons (Fsp3) is 0.176. The van der Waals surface area contributed by atoms with Crippen LogP contribution in [-0.2, 0) is 4.79 Å². The predicted molar refractivity (Wildman–Crippen MR) is 104 cm³/mol. The molecule has 0 spiro atoms. The van der Waals surface area contributed by atoms with E-state index in [2.05, 4.69) is 43.8 Å². The molecule has 0 heterocycles. The second-order valence-electron chi connectivity index (χ2n) is 5.18. The summed E-state index contributed by atoms with van der Waals surface area (Å²) in [4.78, 5) is 25.9. The summed E-state index contributed by atoms with van der Waals surface area (Å²) in [5, 5.41) is 2.83. The number of rotatable bonds is 4. The highest BCUT2D eigenvalue weighted by Crippen LogP contribution is 2.20. The molecule has 23 heavy (non-hydrogen) atoms. The van der Waals surface area contributed by atoms with Crippen molar-refractivity contribution in [3.8, 4) is 0 Å². The first kappa shape index (κ1) is 17.9. The number of benzene rings is 2. The van der Waals surface area contributed by atoms with Crippen LogP contribution >= 0.6 is 38.5 Å². The van der Waals surface area contributed by atoms with Crippen molar-refractivity contribution in [1.82, 2.24) is 4.90 Å². The molecule has 0 aromatic heterocycles. The van der Waals surface area contributed by atoms with Gasteiger partial charge in [-0.3, -0.25) is 9.59 Å². The van der Waals surface area contributed by atoms with Crippen LogP contribution in [0.2, 0.25) is 0 Å². The van der Waals surface area contributed by atoms with Gasteiger partial charge in [0.15, 0.2) is 0 Å². The van der Waals surface area contributed by atoms with Gasteiger partial charge in [0.25, 0.3) is 5.91 Å². The van der Waals surface area contributed by atoms with Crippen LogP contribution in [0.15, 0.2) is 46.9 Å². The van der Waals surface area contributed by atoms with E-state index < -0.39 is 0 Å². The van der Waals surface area contributed by atoms with Crippen molar-refractivity contribution in [3.05, 3.63) is 61.6 Å². The van der Waals surface area contributed by atoms with Crippen molar-refractivity contribution in [1.29, 1.82) is 0 Å². The molecular weight excluding hydrogens is 471 g/mol. The van der Waals surface area contributed by atoms with Crippen LogP contribution in [0.4, 0.5) is 5.69 Å². The highest BCUT2D eigenvalue weighted by atomic mass is 127. The largest absolute Gasteiger partial charge is 0.332 e. The molecule has 120 valence electrons. The molecule has 0 fully saturated rings. The molecule has 2 rings (SSSR count). The third kappa shape index (κ3) is 5.04. The monoisotopic (exact) mass is 486 g/mol. The van der Waals surface area contributed by atoms with Gasteiger partial charge in [0.1, 0.15) is 0 Å². The first-order valence-corrected chi connectivity index (χ1v) is 8.81.